The van der Waals surface area contributed by atoms with Crippen LogP contribution in [0, 0.1) is 12.8 Å². The second-order valence-corrected chi connectivity index (χ2v) is 6.74. The van der Waals surface area contributed by atoms with Gasteiger partial charge in [-0.1, -0.05) is 32.1 Å². The number of benzene rings is 1. The molecule has 0 saturated heterocycles. The van der Waals surface area contributed by atoms with Gasteiger partial charge in [-0.25, -0.2) is 4.98 Å². The Bertz CT molecular complexity index is 707. The number of carbonyl (C=O) groups excluding carboxylic acids is 2. The first-order chi connectivity index (χ1) is 10.4. The highest BCUT2D eigenvalue weighted by Crippen LogP contribution is 2.31. The van der Waals surface area contributed by atoms with Crippen molar-refractivity contribution in [3.05, 3.63) is 17.7 Å². The molecule has 22 heavy (non-hydrogen) atoms. The second kappa shape index (κ2) is 6.87. The number of thiazole rings is 1. The summed E-state index contributed by atoms with van der Waals surface area (Å²) in [4.78, 5) is 27.8. The van der Waals surface area contributed by atoms with E-state index in [0.717, 1.165) is 21.5 Å². The lowest BCUT2D eigenvalue weighted by Gasteiger charge is -2.08. The highest BCUT2D eigenvalue weighted by molar-refractivity contribution is 7.22. The van der Waals surface area contributed by atoms with Crippen LogP contribution in [0.3, 0.4) is 0 Å². The van der Waals surface area contributed by atoms with E-state index in [-0.39, 0.29) is 11.8 Å². The maximum Gasteiger partial charge on any atom is 0.225 e. The van der Waals surface area contributed by atoms with Gasteiger partial charge in [0.2, 0.25) is 11.8 Å². The second-order valence-electron chi connectivity index (χ2n) is 5.71. The number of hydrogen-bond acceptors (Lipinski definition) is 4. The number of hydrogen-bond donors (Lipinski definition) is 2. The van der Waals surface area contributed by atoms with Crippen LogP contribution in [0.2, 0.25) is 0 Å². The molecule has 2 amide bonds. The van der Waals surface area contributed by atoms with E-state index >= 15 is 0 Å². The van der Waals surface area contributed by atoms with E-state index in [0.29, 0.717) is 23.9 Å². The molecular weight excluding hydrogens is 298 g/mol. The van der Waals surface area contributed by atoms with Gasteiger partial charge in [0.15, 0.2) is 5.13 Å². The van der Waals surface area contributed by atoms with E-state index in [2.05, 4.69) is 15.6 Å². The number of anilines is 2. The molecule has 0 bridgehead atoms. The molecule has 2 aromatic rings. The standard InChI is InChI=1S/C16H21N3O2S/c1-5-13(20)18-16-19-15-10(4)7-11(8-12(15)22-16)17-14(21)6-9(2)3/h7-9H,5-6H2,1-4H3,(H,17,21)(H,18,19,20). The van der Waals surface area contributed by atoms with Crippen molar-refractivity contribution in [2.45, 2.75) is 40.5 Å². The molecule has 0 aliphatic heterocycles. The lowest BCUT2D eigenvalue weighted by atomic mass is 10.1. The topological polar surface area (TPSA) is 71.1 Å². The number of fused-ring (bicyclic) bond motifs is 1. The molecule has 2 N–H and O–H groups in total. The zero-order chi connectivity index (χ0) is 16.3. The fraction of sp³-hybridized carbons (Fsp3) is 0.438. The Morgan fingerprint density at radius 2 is 1.95 bits per heavy atom. The Hall–Kier alpha value is -1.95. The van der Waals surface area contributed by atoms with Crippen molar-refractivity contribution in [3.8, 4) is 0 Å². The van der Waals surface area contributed by atoms with E-state index in [1.807, 2.05) is 32.9 Å². The quantitative estimate of drug-likeness (QED) is 0.877. The third-order valence-electron chi connectivity index (χ3n) is 3.13. The summed E-state index contributed by atoms with van der Waals surface area (Å²) in [7, 11) is 0. The van der Waals surface area contributed by atoms with Crippen molar-refractivity contribution >= 4 is 44.2 Å². The zero-order valence-electron chi connectivity index (χ0n) is 13.3. The average molecular weight is 319 g/mol. The van der Waals surface area contributed by atoms with E-state index in [1.54, 1.807) is 6.92 Å². The molecule has 5 nitrogen and oxygen atoms in total. The van der Waals surface area contributed by atoms with E-state index in [4.69, 9.17) is 0 Å². The molecule has 0 fully saturated rings. The van der Waals surface area contributed by atoms with Gasteiger partial charge in [-0.05, 0) is 30.5 Å². The molecule has 0 atom stereocenters. The van der Waals surface area contributed by atoms with Crippen LogP contribution in [0.1, 0.15) is 39.2 Å². The van der Waals surface area contributed by atoms with Gasteiger partial charge in [-0.2, -0.15) is 0 Å². The van der Waals surface area contributed by atoms with Gasteiger partial charge in [-0.3, -0.25) is 9.59 Å². The summed E-state index contributed by atoms with van der Waals surface area (Å²) in [6.07, 6.45) is 0.920. The Kier molecular flexibility index (Phi) is 5.13. The number of aromatic nitrogens is 1. The third-order valence-corrected chi connectivity index (χ3v) is 4.05. The van der Waals surface area contributed by atoms with Gasteiger partial charge < -0.3 is 10.6 Å². The van der Waals surface area contributed by atoms with Crippen LogP contribution in [0.5, 0.6) is 0 Å². The van der Waals surface area contributed by atoms with Crippen LogP contribution in [0.25, 0.3) is 10.2 Å². The average Bonchev–Trinajstić information content (AvgIpc) is 2.80. The largest absolute Gasteiger partial charge is 0.326 e. The Morgan fingerprint density at radius 3 is 2.59 bits per heavy atom. The predicted octanol–water partition coefficient (Wildman–Crippen LogP) is 3.94. The number of nitrogens with zero attached hydrogens (tertiary/aromatic N) is 1. The highest BCUT2D eigenvalue weighted by atomic mass is 32.1. The normalized spacial score (nSPS) is 11.0. The number of nitrogens with one attached hydrogen (secondary N) is 2. The minimum absolute atomic E-state index is 0.0118. The van der Waals surface area contributed by atoms with Gasteiger partial charge >= 0.3 is 0 Å². The van der Waals surface area contributed by atoms with Crippen LogP contribution in [-0.2, 0) is 9.59 Å². The molecule has 0 saturated carbocycles. The molecule has 0 radical (unpaired) electrons. The molecule has 118 valence electrons. The minimum Gasteiger partial charge on any atom is -0.326 e. The smallest absolute Gasteiger partial charge is 0.225 e. The first-order valence-electron chi connectivity index (χ1n) is 7.40. The van der Waals surface area contributed by atoms with Crippen LogP contribution < -0.4 is 10.6 Å². The fourth-order valence-corrected chi connectivity index (χ4v) is 3.11. The van der Waals surface area contributed by atoms with Crippen molar-refractivity contribution in [2.24, 2.45) is 5.92 Å². The first-order valence-corrected chi connectivity index (χ1v) is 8.21. The first kappa shape index (κ1) is 16.4. The maximum atomic E-state index is 11.9. The Balaban J connectivity index is 2.24. The molecule has 1 aromatic heterocycles. The molecular formula is C16H21N3O2S. The molecule has 0 aliphatic rings. The molecule has 0 spiro atoms. The van der Waals surface area contributed by atoms with Gasteiger partial charge in [0.1, 0.15) is 0 Å². The number of carbonyl (C=O) groups is 2. The Labute approximate surface area is 134 Å². The van der Waals surface area contributed by atoms with Crippen LogP contribution in [0.15, 0.2) is 12.1 Å². The zero-order valence-corrected chi connectivity index (χ0v) is 14.1. The van der Waals surface area contributed by atoms with Crippen molar-refractivity contribution in [1.29, 1.82) is 0 Å². The SMILES string of the molecule is CCC(=O)Nc1nc2c(C)cc(NC(=O)CC(C)C)cc2s1. The highest BCUT2D eigenvalue weighted by Gasteiger charge is 2.11. The summed E-state index contributed by atoms with van der Waals surface area (Å²) < 4.78 is 0.950. The van der Waals surface area contributed by atoms with E-state index in [9.17, 15) is 9.59 Å². The number of rotatable bonds is 5. The minimum atomic E-state index is -0.0535. The van der Waals surface area contributed by atoms with Crippen molar-refractivity contribution in [3.63, 3.8) is 0 Å². The molecule has 0 aliphatic carbocycles. The summed E-state index contributed by atoms with van der Waals surface area (Å²) in [5.41, 5.74) is 2.61. The summed E-state index contributed by atoms with van der Waals surface area (Å²) in [6.45, 7) is 7.78. The molecule has 1 aromatic carbocycles. The summed E-state index contributed by atoms with van der Waals surface area (Å²) in [5.74, 6) is 0.282. The predicted molar refractivity (Wildman–Crippen MR) is 91.4 cm³/mol. The lowest BCUT2D eigenvalue weighted by Crippen LogP contribution is -2.13. The summed E-state index contributed by atoms with van der Waals surface area (Å²) in [5, 5.41) is 6.29. The van der Waals surface area contributed by atoms with Gasteiger partial charge in [0, 0.05) is 18.5 Å². The fourth-order valence-electron chi connectivity index (χ4n) is 2.11. The summed E-state index contributed by atoms with van der Waals surface area (Å²) >= 11 is 1.42. The lowest BCUT2D eigenvalue weighted by molar-refractivity contribution is -0.117. The van der Waals surface area contributed by atoms with E-state index in [1.165, 1.54) is 11.3 Å². The molecule has 6 heteroatoms. The van der Waals surface area contributed by atoms with Crippen LogP contribution >= 0.6 is 11.3 Å². The van der Waals surface area contributed by atoms with Crippen LogP contribution in [0.4, 0.5) is 10.8 Å². The van der Waals surface area contributed by atoms with Crippen LogP contribution in [-0.4, -0.2) is 16.8 Å². The van der Waals surface area contributed by atoms with Gasteiger partial charge in [0.05, 0.1) is 10.2 Å². The van der Waals surface area contributed by atoms with Gasteiger partial charge in [-0.15, -0.1) is 0 Å². The van der Waals surface area contributed by atoms with Crippen molar-refractivity contribution in [1.82, 2.24) is 4.98 Å². The van der Waals surface area contributed by atoms with E-state index < -0.39 is 0 Å². The maximum absolute atomic E-state index is 11.9. The Morgan fingerprint density at radius 1 is 1.23 bits per heavy atom. The molecule has 1 heterocycles. The third kappa shape index (κ3) is 4.04. The molecule has 2 rings (SSSR count). The summed E-state index contributed by atoms with van der Waals surface area (Å²) in [6, 6.07) is 3.81. The number of amides is 2. The number of aryl methyl sites for hydroxylation is 1. The molecule has 0 unspecified atom stereocenters. The van der Waals surface area contributed by atoms with Crippen molar-refractivity contribution in [2.75, 3.05) is 10.6 Å². The monoisotopic (exact) mass is 319 g/mol. The van der Waals surface area contributed by atoms with Gasteiger partial charge in [0.25, 0.3) is 0 Å². The van der Waals surface area contributed by atoms with Crippen molar-refractivity contribution < 1.29 is 9.59 Å².